The molecule has 0 unspecified atom stereocenters. The number of carboxylic acid groups (broad SMARTS) is 1. The Labute approximate surface area is 150 Å². The lowest BCUT2D eigenvalue weighted by Crippen LogP contribution is -2.34. The molecule has 3 aromatic heterocycles. The SMILES string of the molecule is O=C(O)Cn1ccc([C@@H]2CCCN(Cc3ccc(-c4ccn[nH]4)o3)C2)n1. The smallest absolute Gasteiger partial charge is 0.325 e. The van der Waals surface area contributed by atoms with Crippen LogP contribution in [0.4, 0.5) is 0 Å². The van der Waals surface area contributed by atoms with Crippen LogP contribution in [0.2, 0.25) is 0 Å². The largest absolute Gasteiger partial charge is 0.480 e. The van der Waals surface area contributed by atoms with Crippen LogP contribution in [0.5, 0.6) is 0 Å². The van der Waals surface area contributed by atoms with E-state index in [0.29, 0.717) is 5.92 Å². The van der Waals surface area contributed by atoms with Crippen molar-refractivity contribution in [2.45, 2.75) is 31.8 Å². The van der Waals surface area contributed by atoms with Gasteiger partial charge in [-0.25, -0.2) is 0 Å². The number of hydrogen-bond donors (Lipinski definition) is 2. The van der Waals surface area contributed by atoms with Gasteiger partial charge in [-0.2, -0.15) is 10.2 Å². The molecule has 8 nitrogen and oxygen atoms in total. The van der Waals surface area contributed by atoms with Gasteiger partial charge in [0.05, 0.1) is 12.2 Å². The predicted octanol–water partition coefficient (Wildman–Crippen LogP) is 2.33. The second-order valence-electron chi connectivity index (χ2n) is 6.64. The number of aliphatic carboxylic acids is 1. The quantitative estimate of drug-likeness (QED) is 0.704. The summed E-state index contributed by atoms with van der Waals surface area (Å²) in [6, 6.07) is 7.77. The maximum absolute atomic E-state index is 10.8. The number of rotatable bonds is 6. The average molecular weight is 355 g/mol. The number of aromatic nitrogens is 4. The highest BCUT2D eigenvalue weighted by molar-refractivity contribution is 5.66. The summed E-state index contributed by atoms with van der Waals surface area (Å²) in [5.41, 5.74) is 1.84. The van der Waals surface area contributed by atoms with Gasteiger partial charge in [-0.05, 0) is 43.7 Å². The summed E-state index contributed by atoms with van der Waals surface area (Å²) in [6.45, 7) is 2.57. The third kappa shape index (κ3) is 3.70. The minimum atomic E-state index is -0.879. The van der Waals surface area contributed by atoms with Crippen molar-refractivity contribution in [3.05, 3.63) is 48.1 Å². The van der Waals surface area contributed by atoms with Crippen molar-refractivity contribution in [1.82, 2.24) is 24.9 Å². The number of aromatic amines is 1. The van der Waals surface area contributed by atoms with E-state index in [4.69, 9.17) is 9.52 Å². The van der Waals surface area contributed by atoms with Crippen LogP contribution in [0.3, 0.4) is 0 Å². The Kier molecular flexibility index (Phi) is 4.57. The van der Waals surface area contributed by atoms with Crippen molar-refractivity contribution >= 4 is 5.97 Å². The molecule has 0 amide bonds. The maximum Gasteiger partial charge on any atom is 0.325 e. The molecule has 0 radical (unpaired) electrons. The summed E-state index contributed by atoms with van der Waals surface area (Å²) >= 11 is 0. The fourth-order valence-electron chi connectivity index (χ4n) is 3.48. The fourth-order valence-corrected chi connectivity index (χ4v) is 3.48. The lowest BCUT2D eigenvalue weighted by Gasteiger charge is -2.31. The minimum absolute atomic E-state index is 0.0980. The fraction of sp³-hybridized carbons (Fsp3) is 0.389. The molecule has 3 aromatic rings. The molecule has 0 saturated carbocycles. The molecule has 26 heavy (non-hydrogen) atoms. The van der Waals surface area contributed by atoms with E-state index in [1.54, 1.807) is 12.4 Å². The van der Waals surface area contributed by atoms with Crippen LogP contribution in [0, 0.1) is 0 Å². The van der Waals surface area contributed by atoms with Crippen molar-refractivity contribution in [2.24, 2.45) is 0 Å². The molecule has 0 aromatic carbocycles. The molecule has 1 fully saturated rings. The van der Waals surface area contributed by atoms with Gasteiger partial charge in [0.25, 0.3) is 0 Å². The Morgan fingerprint density at radius 2 is 2.27 bits per heavy atom. The summed E-state index contributed by atoms with van der Waals surface area (Å²) in [6.07, 6.45) is 5.60. The second-order valence-corrected chi connectivity index (χ2v) is 6.64. The summed E-state index contributed by atoms with van der Waals surface area (Å²) in [5.74, 6) is 1.15. The standard InChI is InChI=1S/C18H21N5O3/c24-18(25)12-23-9-6-15(21-23)13-2-1-8-22(10-13)11-14-3-4-17(26-14)16-5-7-19-20-16/h3-7,9,13H,1-2,8,10-12H2,(H,19,20)(H,24,25)/t13-/m1/s1. The van der Waals surface area contributed by atoms with Gasteiger partial charge in [0, 0.05) is 24.9 Å². The van der Waals surface area contributed by atoms with Crippen LogP contribution >= 0.6 is 0 Å². The molecule has 1 atom stereocenters. The Balaban J connectivity index is 1.39. The van der Waals surface area contributed by atoms with Crippen molar-refractivity contribution in [1.29, 1.82) is 0 Å². The van der Waals surface area contributed by atoms with E-state index in [1.165, 1.54) is 4.68 Å². The van der Waals surface area contributed by atoms with Gasteiger partial charge in [0.15, 0.2) is 5.76 Å². The number of nitrogens with one attached hydrogen (secondary N) is 1. The van der Waals surface area contributed by atoms with Crippen molar-refractivity contribution in [2.75, 3.05) is 13.1 Å². The van der Waals surface area contributed by atoms with Crippen LogP contribution in [-0.4, -0.2) is 49.0 Å². The average Bonchev–Trinajstić information content (AvgIpc) is 3.36. The molecule has 0 spiro atoms. The number of piperidine rings is 1. The van der Waals surface area contributed by atoms with Crippen molar-refractivity contribution in [3.63, 3.8) is 0 Å². The summed E-state index contributed by atoms with van der Waals surface area (Å²) < 4.78 is 7.41. The molecule has 1 aliphatic rings. The summed E-state index contributed by atoms with van der Waals surface area (Å²) in [5, 5.41) is 20.2. The van der Waals surface area contributed by atoms with Crippen molar-refractivity contribution in [3.8, 4) is 11.5 Å². The number of H-pyrrole nitrogens is 1. The lowest BCUT2D eigenvalue weighted by molar-refractivity contribution is -0.137. The molecule has 0 aliphatic carbocycles. The Morgan fingerprint density at radius 1 is 1.35 bits per heavy atom. The van der Waals surface area contributed by atoms with E-state index in [2.05, 4.69) is 20.2 Å². The molecule has 0 bridgehead atoms. The first kappa shape index (κ1) is 16.6. The number of hydrogen-bond acceptors (Lipinski definition) is 5. The van der Waals surface area contributed by atoms with Gasteiger partial charge in [-0.1, -0.05) is 0 Å². The molecule has 1 saturated heterocycles. The zero-order chi connectivity index (χ0) is 17.9. The number of carboxylic acids is 1. The van der Waals surface area contributed by atoms with Crippen LogP contribution in [0.25, 0.3) is 11.5 Å². The molecular weight excluding hydrogens is 334 g/mol. The van der Waals surface area contributed by atoms with Crippen LogP contribution in [0.15, 0.2) is 41.1 Å². The van der Waals surface area contributed by atoms with Gasteiger partial charge in [-0.15, -0.1) is 0 Å². The number of nitrogens with zero attached hydrogens (tertiary/aromatic N) is 4. The first-order valence-corrected chi connectivity index (χ1v) is 8.73. The topological polar surface area (TPSA) is 100 Å². The molecule has 1 aliphatic heterocycles. The monoisotopic (exact) mass is 355 g/mol. The Hall–Kier alpha value is -2.87. The number of likely N-dealkylation sites (tertiary alicyclic amines) is 1. The third-order valence-electron chi connectivity index (χ3n) is 4.69. The van der Waals surface area contributed by atoms with Gasteiger partial charge < -0.3 is 9.52 Å². The minimum Gasteiger partial charge on any atom is -0.480 e. The maximum atomic E-state index is 10.8. The molecule has 8 heteroatoms. The third-order valence-corrected chi connectivity index (χ3v) is 4.69. The lowest BCUT2D eigenvalue weighted by atomic mass is 9.95. The number of furan rings is 1. The van der Waals surface area contributed by atoms with E-state index in [-0.39, 0.29) is 6.54 Å². The number of carbonyl (C=O) groups is 1. The second kappa shape index (κ2) is 7.17. The van der Waals surface area contributed by atoms with Crippen LogP contribution in [-0.2, 0) is 17.9 Å². The molecule has 4 rings (SSSR count). The van der Waals surface area contributed by atoms with Crippen LogP contribution in [0.1, 0.15) is 30.2 Å². The summed E-state index contributed by atoms with van der Waals surface area (Å²) in [7, 11) is 0. The van der Waals surface area contributed by atoms with E-state index in [0.717, 1.165) is 55.4 Å². The molecule has 2 N–H and O–H groups in total. The zero-order valence-electron chi connectivity index (χ0n) is 14.3. The van der Waals surface area contributed by atoms with Crippen LogP contribution < -0.4 is 0 Å². The molecule has 4 heterocycles. The first-order chi connectivity index (χ1) is 12.7. The van der Waals surface area contributed by atoms with Gasteiger partial charge in [0.2, 0.25) is 0 Å². The van der Waals surface area contributed by atoms with Gasteiger partial charge in [0.1, 0.15) is 18.0 Å². The Bertz CT molecular complexity index is 867. The summed E-state index contributed by atoms with van der Waals surface area (Å²) in [4.78, 5) is 13.2. The van der Waals surface area contributed by atoms with Gasteiger partial charge >= 0.3 is 5.97 Å². The van der Waals surface area contributed by atoms with E-state index < -0.39 is 5.97 Å². The predicted molar refractivity (Wildman–Crippen MR) is 93.4 cm³/mol. The first-order valence-electron chi connectivity index (χ1n) is 8.73. The Morgan fingerprint density at radius 3 is 3.08 bits per heavy atom. The molecular formula is C18H21N5O3. The normalized spacial score (nSPS) is 18.2. The highest BCUT2D eigenvalue weighted by Gasteiger charge is 2.24. The highest BCUT2D eigenvalue weighted by Crippen LogP contribution is 2.27. The van der Waals surface area contributed by atoms with E-state index in [9.17, 15) is 4.79 Å². The van der Waals surface area contributed by atoms with E-state index >= 15 is 0 Å². The van der Waals surface area contributed by atoms with Crippen molar-refractivity contribution < 1.29 is 14.3 Å². The highest BCUT2D eigenvalue weighted by atomic mass is 16.4. The van der Waals surface area contributed by atoms with E-state index in [1.807, 2.05) is 24.3 Å². The molecule has 136 valence electrons. The zero-order valence-corrected chi connectivity index (χ0v) is 14.3. The van der Waals surface area contributed by atoms with Gasteiger partial charge in [-0.3, -0.25) is 19.5 Å².